The molecule has 0 aliphatic heterocycles. The largest absolute Gasteiger partial charge is 0.486 e. The van der Waals surface area contributed by atoms with Crippen LogP contribution in [-0.2, 0) is 9.53 Å². The Morgan fingerprint density at radius 1 is 1.28 bits per heavy atom. The number of benzene rings is 1. The lowest BCUT2D eigenvalue weighted by molar-refractivity contribution is -0.152. The number of rotatable bonds is 7. The summed E-state index contributed by atoms with van der Waals surface area (Å²) in [6.45, 7) is 10.1. The molecule has 0 aromatic heterocycles. The highest BCUT2D eigenvalue weighted by Crippen LogP contribution is 2.16. The van der Waals surface area contributed by atoms with E-state index in [-0.39, 0.29) is 18.4 Å². The number of halogens is 1. The van der Waals surface area contributed by atoms with Gasteiger partial charge in [0.2, 0.25) is 0 Å². The molecule has 0 saturated carbocycles. The Hall–Kier alpha value is -2.31. The fourth-order valence-electron chi connectivity index (χ4n) is 1.90. The van der Waals surface area contributed by atoms with Crippen LogP contribution in [0.25, 0.3) is 0 Å². The number of carbonyl (C=O) groups excluding carboxylic acids is 1. The fourth-order valence-corrected chi connectivity index (χ4v) is 1.90. The van der Waals surface area contributed by atoms with E-state index in [1.165, 1.54) is 6.07 Å². The monoisotopic (exact) mass is 353 g/mol. The molecule has 7 heteroatoms. The summed E-state index contributed by atoms with van der Waals surface area (Å²) in [5.74, 6) is -0.134. The second-order valence-electron chi connectivity index (χ2n) is 6.52. The maximum atomic E-state index is 13.6. The maximum absolute atomic E-state index is 13.6. The Balaban J connectivity index is 2.52. The molecular formula is C18H28FN3O3. The minimum Gasteiger partial charge on any atom is -0.486 e. The highest BCUT2D eigenvalue weighted by Gasteiger charge is 2.16. The molecule has 1 atom stereocenters. The molecule has 0 fully saturated rings. The van der Waals surface area contributed by atoms with Gasteiger partial charge in [0.25, 0.3) is 0 Å². The molecule has 0 amide bonds. The Bertz CT molecular complexity index is 585. The van der Waals surface area contributed by atoms with Crippen LogP contribution in [0.3, 0.4) is 0 Å². The van der Waals surface area contributed by atoms with Crippen LogP contribution in [0.5, 0.6) is 5.75 Å². The number of para-hydroxylation sites is 1. The summed E-state index contributed by atoms with van der Waals surface area (Å²) < 4.78 is 24.4. The zero-order chi connectivity index (χ0) is 18.9. The molecule has 1 aromatic carbocycles. The molecule has 0 bridgehead atoms. The topological polar surface area (TPSA) is 72.0 Å². The second kappa shape index (κ2) is 9.86. The van der Waals surface area contributed by atoms with Crippen LogP contribution < -0.4 is 15.4 Å². The van der Waals surface area contributed by atoms with Gasteiger partial charge in [0.15, 0.2) is 17.5 Å². The molecule has 0 saturated heterocycles. The molecule has 0 aliphatic carbocycles. The first kappa shape index (κ1) is 20.7. The first-order chi connectivity index (χ1) is 11.7. The number of nitrogens with zero attached hydrogens (tertiary/aromatic N) is 1. The third-order valence-corrected chi connectivity index (χ3v) is 2.85. The van der Waals surface area contributed by atoms with Crippen molar-refractivity contribution in [3.8, 4) is 5.75 Å². The zero-order valence-electron chi connectivity index (χ0n) is 15.6. The van der Waals surface area contributed by atoms with E-state index >= 15 is 0 Å². The zero-order valence-corrected chi connectivity index (χ0v) is 15.6. The summed E-state index contributed by atoms with van der Waals surface area (Å²) in [7, 11) is 0. The van der Waals surface area contributed by atoms with Crippen LogP contribution in [-0.4, -0.2) is 43.3 Å². The highest BCUT2D eigenvalue weighted by molar-refractivity contribution is 5.83. The van der Waals surface area contributed by atoms with Crippen molar-refractivity contribution in [3.63, 3.8) is 0 Å². The van der Waals surface area contributed by atoms with Crippen LogP contribution in [0.15, 0.2) is 29.3 Å². The van der Waals surface area contributed by atoms with Crippen LogP contribution >= 0.6 is 0 Å². The summed E-state index contributed by atoms with van der Waals surface area (Å²) in [6, 6.07) is 6.25. The molecule has 1 rings (SSSR count). The van der Waals surface area contributed by atoms with E-state index in [1.54, 1.807) is 39.0 Å². The number of aliphatic imine (C=N–C) groups is 1. The number of guanidine groups is 1. The predicted octanol–water partition coefficient (Wildman–Crippen LogP) is 2.49. The lowest BCUT2D eigenvalue weighted by Crippen LogP contribution is -2.42. The quantitative estimate of drug-likeness (QED) is 0.448. The average molecular weight is 353 g/mol. The lowest BCUT2D eigenvalue weighted by atomic mass is 10.2. The minimum absolute atomic E-state index is 0.0881. The van der Waals surface area contributed by atoms with Gasteiger partial charge in [-0.05, 0) is 46.8 Å². The normalized spacial score (nSPS) is 13.1. The Morgan fingerprint density at radius 2 is 1.96 bits per heavy atom. The first-order valence-corrected chi connectivity index (χ1v) is 8.36. The number of hydrogen-bond donors (Lipinski definition) is 2. The molecular weight excluding hydrogens is 325 g/mol. The molecule has 1 unspecified atom stereocenters. The summed E-state index contributed by atoms with van der Waals surface area (Å²) in [4.78, 5) is 15.9. The predicted molar refractivity (Wildman–Crippen MR) is 96.3 cm³/mol. The van der Waals surface area contributed by atoms with Gasteiger partial charge in [-0.15, -0.1) is 0 Å². The number of nitrogens with one attached hydrogen (secondary N) is 2. The Morgan fingerprint density at radius 3 is 2.56 bits per heavy atom. The smallest absolute Gasteiger partial charge is 0.328 e. The van der Waals surface area contributed by atoms with E-state index in [0.29, 0.717) is 19.0 Å². The van der Waals surface area contributed by atoms with Gasteiger partial charge in [0, 0.05) is 6.54 Å². The molecule has 140 valence electrons. The van der Waals surface area contributed by atoms with Crippen molar-refractivity contribution >= 4 is 11.9 Å². The van der Waals surface area contributed by atoms with E-state index in [9.17, 15) is 9.18 Å². The van der Waals surface area contributed by atoms with E-state index in [4.69, 9.17) is 9.47 Å². The SMILES string of the molecule is CCNC(=NCC(=O)OC(C)(C)C)NCC(C)Oc1ccccc1F. The van der Waals surface area contributed by atoms with Crippen molar-refractivity contribution in [1.82, 2.24) is 10.6 Å². The average Bonchev–Trinajstić information content (AvgIpc) is 2.50. The van der Waals surface area contributed by atoms with Gasteiger partial charge in [0.05, 0.1) is 6.54 Å². The Kier molecular flexibility index (Phi) is 8.18. The van der Waals surface area contributed by atoms with Gasteiger partial charge in [-0.25, -0.2) is 9.38 Å². The van der Waals surface area contributed by atoms with Crippen molar-refractivity contribution in [2.75, 3.05) is 19.6 Å². The third-order valence-electron chi connectivity index (χ3n) is 2.85. The van der Waals surface area contributed by atoms with Crippen LogP contribution in [0.4, 0.5) is 4.39 Å². The summed E-state index contributed by atoms with van der Waals surface area (Å²) in [5.41, 5.74) is -0.541. The van der Waals surface area contributed by atoms with E-state index in [2.05, 4.69) is 15.6 Å². The van der Waals surface area contributed by atoms with Gasteiger partial charge in [-0.1, -0.05) is 12.1 Å². The molecule has 6 nitrogen and oxygen atoms in total. The summed E-state index contributed by atoms with van der Waals surface area (Å²) in [6.07, 6.45) is -0.290. The minimum atomic E-state index is -0.541. The molecule has 1 aromatic rings. The first-order valence-electron chi connectivity index (χ1n) is 8.36. The second-order valence-corrected chi connectivity index (χ2v) is 6.52. The van der Waals surface area contributed by atoms with Crippen molar-refractivity contribution in [2.24, 2.45) is 4.99 Å². The van der Waals surface area contributed by atoms with Crippen LogP contribution in [0.2, 0.25) is 0 Å². The highest BCUT2D eigenvalue weighted by atomic mass is 19.1. The van der Waals surface area contributed by atoms with E-state index in [1.807, 2.05) is 13.8 Å². The Labute approximate surface area is 148 Å². The maximum Gasteiger partial charge on any atom is 0.328 e. The third kappa shape index (κ3) is 8.93. The number of hydrogen-bond acceptors (Lipinski definition) is 4. The molecule has 2 N–H and O–H groups in total. The molecule has 25 heavy (non-hydrogen) atoms. The fraction of sp³-hybridized carbons (Fsp3) is 0.556. The van der Waals surface area contributed by atoms with Crippen molar-refractivity contribution < 1.29 is 18.7 Å². The van der Waals surface area contributed by atoms with Crippen molar-refractivity contribution in [1.29, 1.82) is 0 Å². The molecule has 0 aliphatic rings. The van der Waals surface area contributed by atoms with E-state index in [0.717, 1.165) is 0 Å². The number of carbonyl (C=O) groups is 1. The van der Waals surface area contributed by atoms with Crippen LogP contribution in [0.1, 0.15) is 34.6 Å². The van der Waals surface area contributed by atoms with Gasteiger partial charge in [-0.2, -0.15) is 0 Å². The molecule has 0 heterocycles. The lowest BCUT2D eigenvalue weighted by Gasteiger charge is -2.19. The van der Waals surface area contributed by atoms with Gasteiger partial charge >= 0.3 is 5.97 Å². The molecule has 0 radical (unpaired) electrons. The van der Waals surface area contributed by atoms with Gasteiger partial charge in [0.1, 0.15) is 18.2 Å². The summed E-state index contributed by atoms with van der Waals surface area (Å²) in [5, 5.41) is 6.09. The number of esters is 1. The summed E-state index contributed by atoms with van der Waals surface area (Å²) >= 11 is 0. The number of ether oxygens (including phenoxy) is 2. The van der Waals surface area contributed by atoms with Crippen molar-refractivity contribution in [3.05, 3.63) is 30.1 Å². The molecule has 0 spiro atoms. The van der Waals surface area contributed by atoms with Crippen LogP contribution in [0, 0.1) is 5.82 Å². The van der Waals surface area contributed by atoms with Gasteiger partial charge < -0.3 is 20.1 Å². The standard InChI is InChI=1S/C18H28FN3O3/c1-6-20-17(22-12-16(23)25-18(3,4)5)21-11-13(2)24-15-10-8-7-9-14(15)19/h7-10,13H,6,11-12H2,1-5H3,(H2,20,21,22). The van der Waals surface area contributed by atoms with Crippen molar-refractivity contribution in [2.45, 2.75) is 46.3 Å². The van der Waals surface area contributed by atoms with E-state index < -0.39 is 17.4 Å². The van der Waals surface area contributed by atoms with Gasteiger partial charge in [-0.3, -0.25) is 4.79 Å².